The summed E-state index contributed by atoms with van der Waals surface area (Å²) in [5.41, 5.74) is 1.00. The predicted molar refractivity (Wildman–Crippen MR) is 99.0 cm³/mol. The number of aromatic nitrogens is 2. The van der Waals surface area contributed by atoms with Crippen LogP contribution in [0.3, 0.4) is 0 Å². The molecular weight excluding hydrogens is 346 g/mol. The molecule has 27 heavy (non-hydrogen) atoms. The number of benzene rings is 2. The lowest BCUT2D eigenvalue weighted by molar-refractivity contribution is -0.122. The summed E-state index contributed by atoms with van der Waals surface area (Å²) in [5.74, 6) is -0.679. The first-order chi connectivity index (χ1) is 13.1. The van der Waals surface area contributed by atoms with Crippen molar-refractivity contribution in [1.82, 2.24) is 15.1 Å². The van der Waals surface area contributed by atoms with Gasteiger partial charge in [-0.2, -0.15) is 4.68 Å². The van der Waals surface area contributed by atoms with E-state index in [0.29, 0.717) is 5.76 Å². The second kappa shape index (κ2) is 6.95. The zero-order valence-corrected chi connectivity index (χ0v) is 14.6. The van der Waals surface area contributed by atoms with Gasteiger partial charge >= 0.3 is 5.76 Å². The fourth-order valence-electron chi connectivity index (χ4n) is 3.03. The van der Waals surface area contributed by atoms with E-state index in [0.717, 1.165) is 21.0 Å². The molecule has 0 fully saturated rings. The number of rotatable bonds is 5. The van der Waals surface area contributed by atoms with E-state index in [-0.39, 0.29) is 24.4 Å². The normalized spacial score (nSPS) is 12.2. The van der Waals surface area contributed by atoms with Gasteiger partial charge in [0, 0.05) is 0 Å². The van der Waals surface area contributed by atoms with Gasteiger partial charge in [0.25, 0.3) is 5.89 Å². The molecular formula is C20H17N3O4. The zero-order chi connectivity index (χ0) is 18.8. The summed E-state index contributed by atoms with van der Waals surface area (Å²) in [6, 6.07) is 17.0. The summed E-state index contributed by atoms with van der Waals surface area (Å²) in [5, 5.41) is 9.09. The average Bonchev–Trinajstić information content (AvgIpc) is 3.31. The van der Waals surface area contributed by atoms with E-state index in [2.05, 4.69) is 10.4 Å². The number of amides is 1. The molecule has 1 atom stereocenters. The van der Waals surface area contributed by atoms with Crippen molar-refractivity contribution in [1.29, 1.82) is 0 Å². The van der Waals surface area contributed by atoms with Gasteiger partial charge in [-0.1, -0.05) is 42.5 Å². The van der Waals surface area contributed by atoms with Gasteiger partial charge in [-0.3, -0.25) is 4.79 Å². The van der Waals surface area contributed by atoms with Crippen molar-refractivity contribution in [3.8, 4) is 11.7 Å². The van der Waals surface area contributed by atoms with Crippen molar-refractivity contribution in [2.24, 2.45) is 0 Å². The first kappa shape index (κ1) is 16.8. The van der Waals surface area contributed by atoms with Gasteiger partial charge < -0.3 is 14.2 Å². The van der Waals surface area contributed by atoms with Crippen LogP contribution in [0.5, 0.6) is 0 Å². The van der Waals surface area contributed by atoms with Crippen LogP contribution in [0, 0.1) is 0 Å². The third kappa shape index (κ3) is 3.39. The second-order valence-electron chi connectivity index (χ2n) is 6.17. The molecule has 136 valence electrons. The van der Waals surface area contributed by atoms with Gasteiger partial charge in [0.15, 0.2) is 5.76 Å². The first-order valence-corrected chi connectivity index (χ1v) is 8.50. The highest BCUT2D eigenvalue weighted by molar-refractivity contribution is 5.86. The summed E-state index contributed by atoms with van der Waals surface area (Å²) in [4.78, 5) is 24.3. The van der Waals surface area contributed by atoms with Crippen LogP contribution in [0.2, 0.25) is 0 Å². The molecule has 0 bridgehead atoms. The minimum atomic E-state index is -0.714. The minimum absolute atomic E-state index is 0.0416. The van der Waals surface area contributed by atoms with Crippen molar-refractivity contribution >= 4 is 16.7 Å². The summed E-state index contributed by atoms with van der Waals surface area (Å²) >= 11 is 0. The van der Waals surface area contributed by atoms with E-state index in [1.165, 1.54) is 6.26 Å². The molecule has 7 nitrogen and oxygen atoms in total. The van der Waals surface area contributed by atoms with E-state index in [1.54, 1.807) is 12.1 Å². The summed E-state index contributed by atoms with van der Waals surface area (Å²) in [6.45, 7) is 1.66. The maximum atomic E-state index is 12.4. The van der Waals surface area contributed by atoms with Crippen LogP contribution >= 0.6 is 0 Å². The second-order valence-corrected chi connectivity index (χ2v) is 6.17. The smallest absolute Gasteiger partial charge is 0.437 e. The van der Waals surface area contributed by atoms with Crippen LogP contribution in [0.25, 0.3) is 22.4 Å². The lowest BCUT2D eigenvalue weighted by atomic mass is 10.00. The molecule has 2 aromatic carbocycles. The van der Waals surface area contributed by atoms with Crippen molar-refractivity contribution in [2.75, 3.05) is 0 Å². The summed E-state index contributed by atoms with van der Waals surface area (Å²) in [6.07, 6.45) is 1.45. The van der Waals surface area contributed by atoms with Gasteiger partial charge in [-0.15, -0.1) is 5.10 Å². The number of fused-ring (bicyclic) bond motifs is 1. The Kier molecular flexibility index (Phi) is 4.33. The quantitative estimate of drug-likeness (QED) is 0.588. The van der Waals surface area contributed by atoms with Crippen LogP contribution < -0.4 is 11.1 Å². The number of carbonyl (C=O) groups excluding carboxylic acids is 1. The highest BCUT2D eigenvalue weighted by Gasteiger charge is 2.17. The lowest BCUT2D eigenvalue weighted by Gasteiger charge is -2.16. The molecule has 1 N–H and O–H groups in total. The van der Waals surface area contributed by atoms with Crippen LogP contribution in [0.15, 0.2) is 74.5 Å². The van der Waals surface area contributed by atoms with Gasteiger partial charge in [0.2, 0.25) is 5.91 Å². The Bertz CT molecular complexity index is 1140. The molecule has 1 amide bonds. The molecule has 0 saturated carbocycles. The number of nitrogens with one attached hydrogen (secondary N) is 1. The van der Waals surface area contributed by atoms with E-state index < -0.39 is 5.76 Å². The molecule has 1 unspecified atom stereocenters. The molecule has 0 radical (unpaired) electrons. The van der Waals surface area contributed by atoms with Gasteiger partial charge in [-0.25, -0.2) is 4.79 Å². The fraction of sp³-hybridized carbons (Fsp3) is 0.150. The highest BCUT2D eigenvalue weighted by Crippen LogP contribution is 2.24. The third-order valence-corrected chi connectivity index (χ3v) is 4.30. The largest absolute Gasteiger partial charge is 0.459 e. The Hall–Kier alpha value is -3.61. The Balaban J connectivity index is 1.50. The Morgan fingerprint density at radius 1 is 1.15 bits per heavy atom. The van der Waals surface area contributed by atoms with Crippen molar-refractivity contribution in [2.45, 2.75) is 19.5 Å². The molecule has 4 aromatic rings. The standard InChI is InChI=1S/C20H17N3O4/c1-13(15-9-4-7-14-6-2-3-8-16(14)15)21-18(24)12-23-20(25)27-19(22-23)17-10-5-11-26-17/h2-11,13H,12H2,1H3,(H,21,24). The number of hydrogen-bond donors (Lipinski definition) is 1. The van der Waals surface area contributed by atoms with E-state index in [9.17, 15) is 9.59 Å². The van der Waals surface area contributed by atoms with E-state index in [1.807, 2.05) is 49.4 Å². The van der Waals surface area contributed by atoms with E-state index in [4.69, 9.17) is 8.83 Å². The highest BCUT2D eigenvalue weighted by atomic mass is 16.4. The first-order valence-electron chi connectivity index (χ1n) is 8.50. The van der Waals surface area contributed by atoms with Gasteiger partial charge in [-0.05, 0) is 35.4 Å². The lowest BCUT2D eigenvalue weighted by Crippen LogP contribution is -2.33. The third-order valence-electron chi connectivity index (χ3n) is 4.30. The Morgan fingerprint density at radius 3 is 2.78 bits per heavy atom. The predicted octanol–water partition coefficient (Wildman–Crippen LogP) is 3.13. The molecule has 0 saturated heterocycles. The molecule has 0 aliphatic heterocycles. The van der Waals surface area contributed by atoms with Crippen LogP contribution in [0.1, 0.15) is 18.5 Å². The maximum Gasteiger partial charge on any atom is 0.437 e. The number of hydrogen-bond acceptors (Lipinski definition) is 5. The van der Waals surface area contributed by atoms with Gasteiger partial charge in [0.1, 0.15) is 6.54 Å². The number of nitrogens with zero attached hydrogens (tertiary/aromatic N) is 2. The average molecular weight is 363 g/mol. The molecule has 0 aliphatic rings. The van der Waals surface area contributed by atoms with Crippen LogP contribution in [0.4, 0.5) is 0 Å². The summed E-state index contributed by atoms with van der Waals surface area (Å²) in [7, 11) is 0. The molecule has 2 heterocycles. The van der Waals surface area contributed by atoms with Crippen molar-refractivity contribution in [3.05, 3.63) is 77.0 Å². The number of furan rings is 1. The summed E-state index contributed by atoms with van der Waals surface area (Å²) < 4.78 is 11.2. The van der Waals surface area contributed by atoms with Crippen LogP contribution in [-0.2, 0) is 11.3 Å². The zero-order valence-electron chi connectivity index (χ0n) is 14.6. The molecule has 4 rings (SSSR count). The molecule has 7 heteroatoms. The topological polar surface area (TPSA) is 90.3 Å². The number of carbonyl (C=O) groups is 1. The Morgan fingerprint density at radius 2 is 1.96 bits per heavy atom. The van der Waals surface area contributed by atoms with Crippen molar-refractivity contribution in [3.63, 3.8) is 0 Å². The SMILES string of the molecule is CC(NC(=O)Cn1nc(-c2ccco2)oc1=O)c1cccc2ccccc12. The molecule has 2 aromatic heterocycles. The minimum Gasteiger partial charge on any atom is -0.459 e. The van der Waals surface area contributed by atoms with Gasteiger partial charge in [0.05, 0.1) is 12.3 Å². The van der Waals surface area contributed by atoms with E-state index >= 15 is 0 Å². The Labute approximate surface area is 154 Å². The maximum absolute atomic E-state index is 12.4. The fourth-order valence-corrected chi connectivity index (χ4v) is 3.03. The van der Waals surface area contributed by atoms with Crippen LogP contribution in [-0.4, -0.2) is 15.7 Å². The van der Waals surface area contributed by atoms with Crippen molar-refractivity contribution < 1.29 is 13.6 Å². The molecule has 0 aliphatic carbocycles. The monoisotopic (exact) mass is 363 g/mol. The molecule has 0 spiro atoms.